The number of aromatic nitrogens is 2. The lowest BCUT2D eigenvalue weighted by Crippen LogP contribution is -2.00. The van der Waals surface area contributed by atoms with Gasteiger partial charge in [-0.3, -0.25) is 9.78 Å². The summed E-state index contributed by atoms with van der Waals surface area (Å²) in [6.07, 6.45) is 0. The summed E-state index contributed by atoms with van der Waals surface area (Å²) in [7, 11) is 0. The van der Waals surface area contributed by atoms with Gasteiger partial charge in [-0.25, -0.2) is 0 Å². The quantitative estimate of drug-likeness (QED) is 0.261. The normalized spacial score (nSPS) is 11.2. The van der Waals surface area contributed by atoms with E-state index in [1.165, 1.54) is 0 Å². The van der Waals surface area contributed by atoms with Crippen LogP contribution in [0.4, 0.5) is 0 Å². The van der Waals surface area contributed by atoms with Crippen LogP contribution in [-0.2, 0) is 0 Å². The number of para-hydroxylation sites is 2. The first kappa shape index (κ1) is 13.9. The van der Waals surface area contributed by atoms with Crippen molar-refractivity contribution in [3.63, 3.8) is 0 Å². The van der Waals surface area contributed by atoms with Crippen LogP contribution >= 0.6 is 0 Å². The molecule has 0 atom stereocenters. The van der Waals surface area contributed by atoms with Crippen molar-refractivity contribution in [3.8, 4) is 23.3 Å². The summed E-state index contributed by atoms with van der Waals surface area (Å²) in [5, 5.41) is 40.5. The van der Waals surface area contributed by atoms with E-state index in [0.29, 0.717) is 31.3 Å². The average molecular weight is 328 g/mol. The summed E-state index contributed by atoms with van der Waals surface area (Å²) in [6, 6.07) is 13.2. The summed E-state index contributed by atoms with van der Waals surface area (Å²) in [4.78, 5) is 10.3. The largest absolute Gasteiger partial charge is 0.490 e. The van der Waals surface area contributed by atoms with Gasteiger partial charge in [0.25, 0.3) is 23.3 Å². The number of aromatic hydroxyl groups is 2. The zero-order valence-corrected chi connectivity index (χ0v) is 12.1. The molecular weight excluding hydrogens is 316 g/mol. The molecule has 8 nitrogen and oxygen atoms in total. The zero-order valence-electron chi connectivity index (χ0n) is 12.1. The molecule has 0 aliphatic rings. The molecule has 0 aliphatic heterocycles. The summed E-state index contributed by atoms with van der Waals surface area (Å²) < 4.78 is 1.12. The molecule has 0 radical (unpaired) electrons. The van der Waals surface area contributed by atoms with Crippen molar-refractivity contribution in [3.05, 3.63) is 48.5 Å². The average Bonchev–Trinajstić information content (AvgIpc) is 3.00. The first-order valence-corrected chi connectivity index (χ1v) is 6.97. The first-order chi connectivity index (χ1) is 11.6. The highest BCUT2D eigenvalue weighted by Crippen LogP contribution is 2.41. The number of nitrogens with zero attached hydrogens (tertiary/aromatic N) is 2. The van der Waals surface area contributed by atoms with E-state index < -0.39 is 11.8 Å². The molecule has 4 aromatic rings. The molecule has 0 bridgehead atoms. The van der Waals surface area contributed by atoms with Gasteiger partial charge in [-0.15, -0.1) is 9.46 Å². The Morgan fingerprint density at radius 2 is 1.00 bits per heavy atom. The molecule has 0 spiro atoms. The standard InChI is InChI=1S/C16H12N2O6/c19-15-13(9-5-1-3-7-11(9)17(15)21)23-24-14-10-6-2-4-8-12(10)18(22)16(14)20/h1-8,19-22H. The third kappa shape index (κ3) is 1.80. The molecule has 2 heterocycles. The van der Waals surface area contributed by atoms with Crippen LogP contribution in [0.5, 0.6) is 23.3 Å². The van der Waals surface area contributed by atoms with Crippen LogP contribution < -0.4 is 9.78 Å². The van der Waals surface area contributed by atoms with E-state index in [4.69, 9.17) is 9.78 Å². The fraction of sp³-hybridized carbons (Fsp3) is 0. The van der Waals surface area contributed by atoms with Gasteiger partial charge in [0.2, 0.25) is 0 Å². The SMILES string of the molecule is Oc1c(OOc2c(O)n(O)c3ccccc23)c2ccccc2n1O. The highest BCUT2D eigenvalue weighted by atomic mass is 17.2. The molecule has 0 saturated heterocycles. The summed E-state index contributed by atoms with van der Waals surface area (Å²) in [5.74, 6) is -1.35. The molecule has 2 aromatic heterocycles. The van der Waals surface area contributed by atoms with Gasteiger partial charge in [0, 0.05) is 0 Å². The van der Waals surface area contributed by atoms with Crippen molar-refractivity contribution in [1.82, 2.24) is 9.46 Å². The lowest BCUT2D eigenvalue weighted by atomic mass is 10.2. The molecule has 0 fully saturated rings. The zero-order chi connectivity index (χ0) is 16.8. The highest BCUT2D eigenvalue weighted by Gasteiger charge is 2.23. The molecular formula is C16H12N2O6. The Kier molecular flexibility index (Phi) is 2.86. The Morgan fingerprint density at radius 1 is 0.625 bits per heavy atom. The fourth-order valence-corrected chi connectivity index (χ4v) is 2.61. The molecule has 0 amide bonds. The minimum Gasteiger partial charge on any atom is -0.490 e. The maximum Gasteiger partial charge on any atom is 0.274 e. The molecule has 0 aliphatic carbocycles. The fourth-order valence-electron chi connectivity index (χ4n) is 2.61. The smallest absolute Gasteiger partial charge is 0.274 e. The Balaban J connectivity index is 1.77. The minimum absolute atomic E-state index is 0.123. The minimum atomic E-state index is -0.552. The van der Waals surface area contributed by atoms with Crippen molar-refractivity contribution >= 4 is 21.8 Å². The molecule has 2 aromatic carbocycles. The maximum atomic E-state index is 9.98. The van der Waals surface area contributed by atoms with Crippen LogP contribution in [0.25, 0.3) is 21.8 Å². The number of hydrogen-bond donors (Lipinski definition) is 4. The van der Waals surface area contributed by atoms with Gasteiger partial charge >= 0.3 is 0 Å². The van der Waals surface area contributed by atoms with E-state index in [1.807, 2.05) is 0 Å². The van der Waals surface area contributed by atoms with Gasteiger partial charge in [-0.1, -0.05) is 24.3 Å². The van der Waals surface area contributed by atoms with Crippen molar-refractivity contribution in [2.45, 2.75) is 0 Å². The second kappa shape index (κ2) is 4.92. The second-order valence-electron chi connectivity index (χ2n) is 5.13. The Morgan fingerprint density at radius 3 is 1.42 bits per heavy atom. The Labute approximate surface area is 134 Å². The van der Waals surface area contributed by atoms with Crippen LogP contribution in [-0.4, -0.2) is 30.1 Å². The first-order valence-electron chi connectivity index (χ1n) is 6.97. The molecule has 4 N–H and O–H groups in total. The molecule has 4 rings (SSSR count). The molecule has 24 heavy (non-hydrogen) atoms. The van der Waals surface area contributed by atoms with Crippen molar-refractivity contribution in [2.75, 3.05) is 0 Å². The molecule has 122 valence electrons. The number of fused-ring (bicyclic) bond motifs is 2. The van der Waals surface area contributed by atoms with Gasteiger partial charge in [-0.2, -0.15) is 0 Å². The Hall–Kier alpha value is -3.68. The summed E-state index contributed by atoms with van der Waals surface area (Å²) in [6.45, 7) is 0. The van der Waals surface area contributed by atoms with E-state index in [9.17, 15) is 20.6 Å². The topological polar surface area (TPSA) is 109 Å². The second-order valence-corrected chi connectivity index (χ2v) is 5.13. The maximum absolute atomic E-state index is 9.98. The van der Waals surface area contributed by atoms with E-state index in [2.05, 4.69) is 0 Å². The van der Waals surface area contributed by atoms with E-state index >= 15 is 0 Å². The monoisotopic (exact) mass is 328 g/mol. The van der Waals surface area contributed by atoms with E-state index in [0.717, 1.165) is 0 Å². The van der Waals surface area contributed by atoms with Crippen LogP contribution in [0.2, 0.25) is 0 Å². The molecule has 8 heteroatoms. The van der Waals surface area contributed by atoms with Gasteiger partial charge in [0.1, 0.15) is 0 Å². The van der Waals surface area contributed by atoms with Crippen molar-refractivity contribution in [2.24, 2.45) is 0 Å². The number of rotatable bonds is 3. The Bertz CT molecular complexity index is 979. The highest BCUT2D eigenvalue weighted by molar-refractivity contribution is 5.90. The van der Waals surface area contributed by atoms with E-state index in [1.54, 1.807) is 48.5 Å². The third-order valence-corrected chi connectivity index (χ3v) is 3.77. The van der Waals surface area contributed by atoms with E-state index in [-0.39, 0.29) is 11.5 Å². The van der Waals surface area contributed by atoms with Crippen LogP contribution in [0.1, 0.15) is 0 Å². The van der Waals surface area contributed by atoms with Crippen molar-refractivity contribution in [1.29, 1.82) is 0 Å². The molecule has 0 unspecified atom stereocenters. The van der Waals surface area contributed by atoms with Crippen LogP contribution in [0, 0.1) is 0 Å². The van der Waals surface area contributed by atoms with Crippen LogP contribution in [0.3, 0.4) is 0 Å². The third-order valence-electron chi connectivity index (χ3n) is 3.77. The van der Waals surface area contributed by atoms with Gasteiger partial charge in [0.15, 0.2) is 0 Å². The predicted molar refractivity (Wildman–Crippen MR) is 82.8 cm³/mol. The van der Waals surface area contributed by atoms with Gasteiger partial charge in [-0.05, 0) is 24.3 Å². The summed E-state index contributed by atoms with van der Waals surface area (Å²) in [5.41, 5.74) is 0.643. The lowest BCUT2D eigenvalue weighted by Gasteiger charge is -2.04. The molecule has 0 saturated carbocycles. The summed E-state index contributed by atoms with van der Waals surface area (Å²) >= 11 is 0. The van der Waals surface area contributed by atoms with Gasteiger partial charge in [0.05, 0.1) is 21.8 Å². The lowest BCUT2D eigenvalue weighted by molar-refractivity contribution is -0.102. The van der Waals surface area contributed by atoms with Crippen molar-refractivity contribution < 1.29 is 30.4 Å². The predicted octanol–water partition coefficient (Wildman–Crippen LogP) is 2.85. The van der Waals surface area contributed by atoms with Crippen LogP contribution in [0.15, 0.2) is 48.5 Å². The number of benzene rings is 2. The van der Waals surface area contributed by atoms with Gasteiger partial charge < -0.3 is 20.6 Å². The number of hydrogen-bond acceptors (Lipinski definition) is 6.